The summed E-state index contributed by atoms with van der Waals surface area (Å²) in [5, 5.41) is 2.97. The van der Waals surface area contributed by atoms with Gasteiger partial charge in [0.2, 0.25) is 5.91 Å². The number of carbonyl (C=O) groups excluding carboxylic acids is 2. The highest BCUT2D eigenvalue weighted by Gasteiger charge is 2.30. The first-order valence-corrected chi connectivity index (χ1v) is 12.2. The molecule has 0 aromatic heterocycles. The van der Waals surface area contributed by atoms with Crippen molar-refractivity contribution >= 4 is 41.0 Å². The Morgan fingerprint density at radius 3 is 2.47 bits per heavy atom. The van der Waals surface area contributed by atoms with Crippen LogP contribution in [0.15, 0.2) is 88.7 Å². The molecule has 3 aromatic rings. The Bertz CT molecular complexity index is 1180. The van der Waals surface area contributed by atoms with Crippen molar-refractivity contribution in [3.05, 3.63) is 94.9 Å². The molecule has 0 fully saturated rings. The van der Waals surface area contributed by atoms with Crippen molar-refractivity contribution in [2.45, 2.75) is 18.2 Å². The van der Waals surface area contributed by atoms with Crippen molar-refractivity contribution in [1.82, 2.24) is 5.32 Å². The molecule has 0 spiro atoms. The first-order valence-electron chi connectivity index (χ1n) is 11.4. The van der Waals surface area contributed by atoms with Gasteiger partial charge in [-0.1, -0.05) is 71.9 Å². The Hall–Kier alpha value is -3.51. The van der Waals surface area contributed by atoms with E-state index in [1.807, 2.05) is 86.8 Å². The molecule has 34 heavy (non-hydrogen) atoms. The number of aryl methyl sites for hydroxylation is 1. The van der Waals surface area contributed by atoms with E-state index in [1.54, 1.807) is 4.90 Å². The molecule has 0 radical (unpaired) electrons. The topological polar surface area (TPSA) is 52.7 Å². The zero-order valence-corrected chi connectivity index (χ0v) is 20.3. The van der Waals surface area contributed by atoms with Crippen molar-refractivity contribution in [2.24, 2.45) is 0 Å². The molecule has 1 aliphatic rings. The second-order valence-electron chi connectivity index (χ2n) is 8.34. The van der Waals surface area contributed by atoms with Crippen LogP contribution in [0, 0.1) is 6.92 Å². The smallest absolute Gasteiger partial charge is 0.265 e. The van der Waals surface area contributed by atoms with E-state index in [0.29, 0.717) is 11.4 Å². The van der Waals surface area contributed by atoms with Gasteiger partial charge in [-0.3, -0.25) is 14.5 Å². The summed E-state index contributed by atoms with van der Waals surface area (Å²) in [4.78, 5) is 31.4. The van der Waals surface area contributed by atoms with Crippen molar-refractivity contribution in [1.29, 1.82) is 0 Å². The van der Waals surface area contributed by atoms with Crippen LogP contribution >= 0.6 is 11.8 Å². The number of amides is 2. The summed E-state index contributed by atoms with van der Waals surface area (Å²) < 4.78 is 0. The summed E-state index contributed by atoms with van der Waals surface area (Å²) in [5.74, 6) is -0.310. The van der Waals surface area contributed by atoms with E-state index >= 15 is 0 Å². The zero-order chi connectivity index (χ0) is 23.9. The molecule has 174 valence electrons. The number of nitrogens with zero attached hydrogens (tertiary/aromatic N) is 2. The molecule has 0 bridgehead atoms. The van der Waals surface area contributed by atoms with Crippen LogP contribution in [0.4, 0.5) is 11.4 Å². The molecule has 0 saturated carbocycles. The standard InChI is InChI=1S/C28H29N3O2S/c1-21-13-15-22(16-14-21)19-26-28(33)31(24-11-6-7-12-25(24)34-26)20-27(32)29-17-8-18-30(2)23-9-4-3-5-10-23/h3-7,9-16,19H,8,17-18,20H2,1-2H3,(H,29,32)/b26-19-. The third-order valence-corrected chi connectivity index (χ3v) is 6.78. The van der Waals surface area contributed by atoms with E-state index in [4.69, 9.17) is 0 Å². The minimum absolute atomic E-state index is 0.00380. The minimum Gasteiger partial charge on any atom is -0.375 e. The van der Waals surface area contributed by atoms with Crippen molar-refractivity contribution in [3.63, 3.8) is 0 Å². The molecule has 0 atom stereocenters. The molecule has 0 unspecified atom stereocenters. The van der Waals surface area contributed by atoms with E-state index in [0.717, 1.165) is 34.8 Å². The number of benzene rings is 3. The Morgan fingerprint density at radius 1 is 1.00 bits per heavy atom. The summed E-state index contributed by atoms with van der Waals surface area (Å²) in [6.07, 6.45) is 2.71. The van der Waals surface area contributed by atoms with E-state index in [9.17, 15) is 9.59 Å². The average Bonchev–Trinajstić information content (AvgIpc) is 2.86. The van der Waals surface area contributed by atoms with Gasteiger partial charge in [0.05, 0.1) is 10.6 Å². The fourth-order valence-electron chi connectivity index (χ4n) is 3.79. The number of para-hydroxylation sites is 2. The molecule has 0 aliphatic carbocycles. The predicted molar refractivity (Wildman–Crippen MR) is 141 cm³/mol. The Morgan fingerprint density at radius 2 is 1.71 bits per heavy atom. The fourth-order valence-corrected chi connectivity index (χ4v) is 4.85. The lowest BCUT2D eigenvalue weighted by Gasteiger charge is -2.30. The number of nitrogens with one attached hydrogen (secondary N) is 1. The van der Waals surface area contributed by atoms with Crippen LogP contribution in [-0.2, 0) is 9.59 Å². The van der Waals surface area contributed by atoms with E-state index in [2.05, 4.69) is 22.3 Å². The Balaban J connectivity index is 1.39. The molecule has 2 amide bonds. The molecule has 3 aromatic carbocycles. The molecule has 4 rings (SSSR count). The number of hydrogen-bond donors (Lipinski definition) is 1. The van der Waals surface area contributed by atoms with Crippen LogP contribution in [0.3, 0.4) is 0 Å². The van der Waals surface area contributed by atoms with Crippen LogP contribution in [0.2, 0.25) is 0 Å². The van der Waals surface area contributed by atoms with Gasteiger partial charge in [-0.2, -0.15) is 0 Å². The maximum Gasteiger partial charge on any atom is 0.265 e. The second-order valence-corrected chi connectivity index (χ2v) is 9.42. The molecule has 5 nitrogen and oxygen atoms in total. The van der Waals surface area contributed by atoms with Gasteiger partial charge in [0, 0.05) is 30.7 Å². The average molecular weight is 472 g/mol. The number of rotatable bonds is 8. The highest BCUT2D eigenvalue weighted by Crippen LogP contribution is 2.41. The summed E-state index contributed by atoms with van der Waals surface area (Å²) in [7, 11) is 2.04. The van der Waals surface area contributed by atoms with Gasteiger partial charge in [0.15, 0.2) is 0 Å². The molecule has 1 aliphatic heterocycles. The number of anilines is 2. The molecule has 0 saturated heterocycles. The first-order chi connectivity index (χ1) is 16.5. The number of thioether (sulfide) groups is 1. The van der Waals surface area contributed by atoms with Gasteiger partial charge in [0.25, 0.3) is 5.91 Å². The lowest BCUT2D eigenvalue weighted by Crippen LogP contribution is -2.43. The molecular formula is C28H29N3O2S. The Labute approximate surface area is 205 Å². The highest BCUT2D eigenvalue weighted by atomic mass is 32.2. The quantitative estimate of drug-likeness (QED) is 0.366. The molecular weight excluding hydrogens is 442 g/mol. The van der Waals surface area contributed by atoms with Gasteiger partial charge in [-0.15, -0.1) is 0 Å². The highest BCUT2D eigenvalue weighted by molar-refractivity contribution is 8.04. The van der Waals surface area contributed by atoms with Crippen LogP contribution in [-0.4, -0.2) is 38.5 Å². The van der Waals surface area contributed by atoms with Crippen molar-refractivity contribution in [2.75, 3.05) is 36.5 Å². The second kappa shape index (κ2) is 11.1. The van der Waals surface area contributed by atoms with Gasteiger partial charge in [0.1, 0.15) is 6.54 Å². The van der Waals surface area contributed by atoms with Gasteiger partial charge >= 0.3 is 0 Å². The molecule has 6 heteroatoms. The summed E-state index contributed by atoms with van der Waals surface area (Å²) in [6.45, 7) is 3.42. The number of fused-ring (bicyclic) bond motifs is 1. The summed E-state index contributed by atoms with van der Waals surface area (Å²) >= 11 is 1.45. The minimum atomic E-state index is -0.160. The third kappa shape index (κ3) is 5.88. The first kappa shape index (κ1) is 23.6. The van der Waals surface area contributed by atoms with E-state index < -0.39 is 0 Å². The van der Waals surface area contributed by atoms with Gasteiger partial charge in [-0.05, 0) is 49.2 Å². The van der Waals surface area contributed by atoms with E-state index in [-0.39, 0.29) is 18.4 Å². The van der Waals surface area contributed by atoms with Gasteiger partial charge < -0.3 is 10.2 Å². The van der Waals surface area contributed by atoms with Gasteiger partial charge in [-0.25, -0.2) is 0 Å². The van der Waals surface area contributed by atoms with Crippen LogP contribution < -0.4 is 15.1 Å². The van der Waals surface area contributed by atoms with Crippen LogP contribution in [0.1, 0.15) is 17.5 Å². The maximum absolute atomic E-state index is 13.3. The molecule has 1 heterocycles. The SMILES string of the molecule is Cc1ccc(/C=C2\Sc3ccccc3N(CC(=O)NCCCN(C)c3ccccc3)C2=O)cc1. The monoisotopic (exact) mass is 471 g/mol. The third-order valence-electron chi connectivity index (χ3n) is 5.70. The lowest BCUT2D eigenvalue weighted by atomic mass is 10.1. The fraction of sp³-hybridized carbons (Fsp3) is 0.214. The Kier molecular flexibility index (Phi) is 7.70. The largest absolute Gasteiger partial charge is 0.375 e. The number of carbonyl (C=O) groups is 2. The normalized spacial score (nSPS) is 14.1. The van der Waals surface area contributed by atoms with Crippen LogP contribution in [0.5, 0.6) is 0 Å². The van der Waals surface area contributed by atoms with Crippen molar-refractivity contribution < 1.29 is 9.59 Å². The number of hydrogen-bond acceptors (Lipinski definition) is 4. The van der Waals surface area contributed by atoms with Crippen LogP contribution in [0.25, 0.3) is 6.08 Å². The van der Waals surface area contributed by atoms with Crippen molar-refractivity contribution in [3.8, 4) is 0 Å². The summed E-state index contributed by atoms with van der Waals surface area (Å²) in [5.41, 5.74) is 4.06. The molecule has 1 N–H and O–H groups in total. The summed E-state index contributed by atoms with van der Waals surface area (Å²) in [6, 6.07) is 25.9. The maximum atomic E-state index is 13.3. The van der Waals surface area contributed by atoms with E-state index in [1.165, 1.54) is 17.3 Å². The zero-order valence-electron chi connectivity index (χ0n) is 19.5. The lowest BCUT2D eigenvalue weighted by molar-refractivity contribution is -0.122. The predicted octanol–water partition coefficient (Wildman–Crippen LogP) is 5.12.